The van der Waals surface area contributed by atoms with Gasteiger partial charge in [-0.25, -0.2) is 4.68 Å². The number of rotatable bonds is 5. The molecule has 0 aliphatic carbocycles. The Morgan fingerprint density at radius 3 is 2.43 bits per heavy atom. The van der Waals surface area contributed by atoms with Gasteiger partial charge in [0.2, 0.25) is 0 Å². The van der Waals surface area contributed by atoms with Gasteiger partial charge in [0, 0.05) is 18.8 Å². The molecule has 1 aromatic heterocycles. The lowest BCUT2D eigenvalue weighted by atomic mass is 10.1. The van der Waals surface area contributed by atoms with Gasteiger partial charge >= 0.3 is 6.61 Å². The monoisotopic (exact) mass is 416 g/mol. The van der Waals surface area contributed by atoms with E-state index in [0.29, 0.717) is 0 Å². The van der Waals surface area contributed by atoms with Crippen LogP contribution in [0.25, 0.3) is 16.9 Å². The number of halogens is 2. The molecule has 0 saturated carbocycles. The topological polar surface area (TPSA) is 45.5 Å². The van der Waals surface area contributed by atoms with Crippen molar-refractivity contribution in [3.8, 4) is 28.4 Å². The first-order chi connectivity index (χ1) is 14.5. The molecular formula is C23H26F2N2O3. The molecule has 1 aliphatic rings. The van der Waals surface area contributed by atoms with Crippen LogP contribution in [-0.2, 0) is 4.74 Å². The fraction of sp³-hybridized carbons (Fsp3) is 0.348. The molecule has 3 aromatic rings. The van der Waals surface area contributed by atoms with E-state index in [9.17, 15) is 8.78 Å². The molecule has 4 rings (SSSR count). The van der Waals surface area contributed by atoms with Gasteiger partial charge in [0.25, 0.3) is 0 Å². The molecule has 1 unspecified atom stereocenters. The van der Waals surface area contributed by atoms with E-state index in [0.717, 1.165) is 47.4 Å². The lowest BCUT2D eigenvalue weighted by Gasteiger charge is -2.11. The molecule has 5 nitrogen and oxygen atoms in total. The minimum absolute atomic E-state index is 0.114. The van der Waals surface area contributed by atoms with Gasteiger partial charge < -0.3 is 14.2 Å². The van der Waals surface area contributed by atoms with Crippen molar-refractivity contribution in [2.75, 3.05) is 20.3 Å². The maximum Gasteiger partial charge on any atom is 0.387 e. The second-order valence-electron chi connectivity index (χ2n) is 7.15. The van der Waals surface area contributed by atoms with Crippen LogP contribution >= 0.6 is 0 Å². The zero-order valence-corrected chi connectivity index (χ0v) is 17.3. The van der Waals surface area contributed by atoms with Gasteiger partial charge in [-0.05, 0) is 73.4 Å². The molecule has 1 saturated heterocycles. The first kappa shape index (κ1) is 21.8. The predicted molar refractivity (Wildman–Crippen MR) is 112 cm³/mol. The molecule has 0 amide bonds. The van der Waals surface area contributed by atoms with Gasteiger partial charge in [0.1, 0.15) is 11.5 Å². The second-order valence-corrected chi connectivity index (χ2v) is 7.15. The fourth-order valence-corrected chi connectivity index (χ4v) is 3.19. The van der Waals surface area contributed by atoms with Crippen molar-refractivity contribution < 1.29 is 23.0 Å². The summed E-state index contributed by atoms with van der Waals surface area (Å²) in [6, 6.07) is 14.1. The molecule has 0 bridgehead atoms. The van der Waals surface area contributed by atoms with Crippen LogP contribution in [0.5, 0.6) is 11.5 Å². The van der Waals surface area contributed by atoms with Gasteiger partial charge in [-0.15, -0.1) is 0 Å². The molecule has 0 radical (unpaired) electrons. The van der Waals surface area contributed by atoms with Crippen LogP contribution in [0, 0.1) is 12.8 Å². The van der Waals surface area contributed by atoms with Crippen molar-refractivity contribution in [1.29, 1.82) is 0 Å². The largest absolute Gasteiger partial charge is 0.496 e. The van der Waals surface area contributed by atoms with Crippen LogP contribution in [0.2, 0.25) is 0 Å². The number of aromatic nitrogens is 2. The van der Waals surface area contributed by atoms with Crippen LogP contribution in [0.4, 0.5) is 8.78 Å². The van der Waals surface area contributed by atoms with Crippen LogP contribution in [0.3, 0.4) is 0 Å². The number of hydrogen-bond acceptors (Lipinski definition) is 4. The van der Waals surface area contributed by atoms with Gasteiger partial charge in [0.15, 0.2) is 0 Å². The third-order valence-corrected chi connectivity index (χ3v) is 4.80. The van der Waals surface area contributed by atoms with Crippen molar-refractivity contribution in [3.05, 3.63) is 60.3 Å². The minimum atomic E-state index is -2.83. The Labute approximate surface area is 175 Å². The summed E-state index contributed by atoms with van der Waals surface area (Å²) >= 11 is 0. The number of hydrogen-bond donors (Lipinski definition) is 0. The highest BCUT2D eigenvalue weighted by molar-refractivity contribution is 5.64. The minimum Gasteiger partial charge on any atom is -0.496 e. The van der Waals surface area contributed by atoms with Crippen molar-refractivity contribution in [3.63, 3.8) is 0 Å². The van der Waals surface area contributed by atoms with E-state index in [1.54, 1.807) is 30.1 Å². The van der Waals surface area contributed by atoms with Gasteiger partial charge in [0.05, 0.1) is 24.7 Å². The fourth-order valence-electron chi connectivity index (χ4n) is 3.19. The highest BCUT2D eigenvalue weighted by Gasteiger charge is 2.11. The molecule has 1 aliphatic heterocycles. The summed E-state index contributed by atoms with van der Waals surface area (Å²) in [6.45, 7) is 3.33. The SMILES string of the molecule is CC1CCOC1.COc1ccc(-c2ccnn2-c2ccc(OC(F)F)cc2)cc1C. The van der Waals surface area contributed by atoms with Crippen LogP contribution in [0.1, 0.15) is 18.9 Å². The van der Waals surface area contributed by atoms with Crippen molar-refractivity contribution in [2.24, 2.45) is 5.92 Å². The Kier molecular flexibility index (Phi) is 7.41. The smallest absolute Gasteiger partial charge is 0.387 e. The van der Waals surface area contributed by atoms with E-state index < -0.39 is 6.61 Å². The lowest BCUT2D eigenvalue weighted by Crippen LogP contribution is -2.03. The van der Waals surface area contributed by atoms with E-state index >= 15 is 0 Å². The average molecular weight is 416 g/mol. The number of benzene rings is 2. The van der Waals surface area contributed by atoms with Gasteiger partial charge in [-0.1, -0.05) is 6.92 Å². The molecule has 1 atom stereocenters. The molecular weight excluding hydrogens is 390 g/mol. The van der Waals surface area contributed by atoms with E-state index in [-0.39, 0.29) is 5.75 Å². The van der Waals surface area contributed by atoms with E-state index in [4.69, 9.17) is 9.47 Å². The van der Waals surface area contributed by atoms with Crippen molar-refractivity contribution in [2.45, 2.75) is 26.9 Å². The highest BCUT2D eigenvalue weighted by atomic mass is 19.3. The molecule has 0 spiro atoms. The Bertz CT molecular complexity index is 936. The molecule has 1 fully saturated rings. The predicted octanol–water partition coefficient (Wildman–Crippen LogP) is 5.50. The molecule has 30 heavy (non-hydrogen) atoms. The molecule has 0 N–H and O–H groups in total. The molecule has 160 valence electrons. The second kappa shape index (κ2) is 10.2. The highest BCUT2D eigenvalue weighted by Crippen LogP contribution is 2.28. The maximum absolute atomic E-state index is 12.2. The quantitative estimate of drug-likeness (QED) is 0.551. The first-order valence-electron chi connectivity index (χ1n) is 9.80. The summed E-state index contributed by atoms with van der Waals surface area (Å²) in [6.07, 6.45) is 2.96. The third-order valence-electron chi connectivity index (χ3n) is 4.80. The molecule has 2 aromatic carbocycles. The third kappa shape index (κ3) is 5.57. The standard InChI is InChI=1S/C18H16F2N2O2.C5H10O/c1-12-11-13(3-8-17(12)23-2)16-9-10-21-22(16)14-4-6-15(7-5-14)24-18(19)20;1-5-2-3-6-4-5/h3-11,18H,1-2H3;5H,2-4H2,1H3. The van der Waals surface area contributed by atoms with E-state index in [1.165, 1.54) is 18.6 Å². The summed E-state index contributed by atoms with van der Waals surface area (Å²) < 4.78 is 40.9. The summed E-state index contributed by atoms with van der Waals surface area (Å²) in [5.74, 6) is 1.76. The Morgan fingerprint density at radius 1 is 1.13 bits per heavy atom. The average Bonchev–Trinajstić information content (AvgIpc) is 3.40. The Hall–Kier alpha value is -2.93. The number of methoxy groups -OCH3 is 1. The zero-order chi connectivity index (χ0) is 21.5. The summed E-state index contributed by atoms with van der Waals surface area (Å²) in [5.41, 5.74) is 3.65. The Morgan fingerprint density at radius 2 is 1.90 bits per heavy atom. The van der Waals surface area contributed by atoms with E-state index in [2.05, 4.69) is 16.8 Å². The number of ether oxygens (including phenoxy) is 3. The number of aryl methyl sites for hydroxylation is 1. The van der Waals surface area contributed by atoms with Crippen molar-refractivity contribution >= 4 is 0 Å². The Balaban J connectivity index is 0.000000367. The summed E-state index contributed by atoms with van der Waals surface area (Å²) in [4.78, 5) is 0. The van der Waals surface area contributed by atoms with Crippen molar-refractivity contribution in [1.82, 2.24) is 9.78 Å². The lowest BCUT2D eigenvalue weighted by molar-refractivity contribution is -0.0498. The van der Waals surface area contributed by atoms with E-state index in [1.807, 2.05) is 31.2 Å². The first-order valence-corrected chi connectivity index (χ1v) is 9.80. The zero-order valence-electron chi connectivity index (χ0n) is 17.3. The van der Waals surface area contributed by atoms with Crippen LogP contribution in [0.15, 0.2) is 54.7 Å². The maximum atomic E-state index is 12.2. The van der Waals surface area contributed by atoms with Gasteiger partial charge in [-0.2, -0.15) is 13.9 Å². The molecule has 2 heterocycles. The molecule has 7 heteroatoms. The summed E-state index contributed by atoms with van der Waals surface area (Å²) in [7, 11) is 1.63. The normalized spacial score (nSPS) is 15.6. The van der Waals surface area contributed by atoms with Gasteiger partial charge in [-0.3, -0.25) is 0 Å². The summed E-state index contributed by atoms with van der Waals surface area (Å²) in [5, 5.41) is 4.32. The van der Waals surface area contributed by atoms with Crippen LogP contribution < -0.4 is 9.47 Å². The van der Waals surface area contributed by atoms with Crippen LogP contribution in [-0.4, -0.2) is 36.7 Å². The number of nitrogens with zero attached hydrogens (tertiary/aromatic N) is 2. The number of alkyl halides is 2.